The second kappa shape index (κ2) is 9.78. The molecule has 0 aliphatic carbocycles. The average Bonchev–Trinajstić information content (AvgIpc) is 2.68. The average molecular weight is 384 g/mol. The molecule has 150 valence electrons. The summed E-state index contributed by atoms with van der Waals surface area (Å²) in [6.45, 7) is 6.17. The lowest BCUT2D eigenvalue weighted by atomic mass is 10.1. The first-order valence-electron chi connectivity index (χ1n) is 9.18. The molecule has 6 heteroatoms. The quantitative estimate of drug-likeness (QED) is 0.758. The SMILES string of the molecule is COc1ccc(CNC(=O)CCN(C(C)=O)c2cc(C)ccc2C)cc1OC. The standard InChI is InChI=1S/C22H28N2O4/c1-15-6-7-16(2)19(12-15)24(17(3)25)11-10-22(26)23-14-18-8-9-20(27-4)21(13-18)28-5/h6-9,12-13H,10-11,14H2,1-5H3,(H,23,26). The van der Waals surface area contributed by atoms with Crippen LogP contribution in [0.4, 0.5) is 5.69 Å². The van der Waals surface area contributed by atoms with Gasteiger partial charge >= 0.3 is 0 Å². The van der Waals surface area contributed by atoms with Crippen molar-refractivity contribution >= 4 is 17.5 Å². The van der Waals surface area contributed by atoms with Crippen molar-refractivity contribution in [2.75, 3.05) is 25.7 Å². The van der Waals surface area contributed by atoms with Gasteiger partial charge in [-0.3, -0.25) is 9.59 Å². The summed E-state index contributed by atoms with van der Waals surface area (Å²) in [4.78, 5) is 26.0. The van der Waals surface area contributed by atoms with Crippen LogP contribution < -0.4 is 19.7 Å². The summed E-state index contributed by atoms with van der Waals surface area (Å²) in [5, 5.41) is 2.89. The highest BCUT2D eigenvalue weighted by Crippen LogP contribution is 2.27. The van der Waals surface area contributed by atoms with Gasteiger partial charge in [0.2, 0.25) is 11.8 Å². The molecule has 0 heterocycles. The van der Waals surface area contributed by atoms with Gasteiger partial charge in [0.15, 0.2) is 11.5 Å². The van der Waals surface area contributed by atoms with Crippen LogP contribution in [0.2, 0.25) is 0 Å². The fourth-order valence-corrected chi connectivity index (χ4v) is 2.95. The molecule has 0 bridgehead atoms. The maximum atomic E-state index is 12.3. The molecule has 6 nitrogen and oxygen atoms in total. The van der Waals surface area contributed by atoms with Gasteiger partial charge in [-0.15, -0.1) is 0 Å². The molecule has 2 amide bonds. The Morgan fingerprint density at radius 2 is 1.71 bits per heavy atom. The summed E-state index contributed by atoms with van der Waals surface area (Å²) < 4.78 is 10.5. The van der Waals surface area contributed by atoms with E-state index in [-0.39, 0.29) is 18.2 Å². The van der Waals surface area contributed by atoms with Crippen LogP contribution in [0.15, 0.2) is 36.4 Å². The number of amides is 2. The van der Waals surface area contributed by atoms with Crippen molar-refractivity contribution in [3.05, 3.63) is 53.1 Å². The third-order valence-electron chi connectivity index (χ3n) is 4.54. The second-order valence-electron chi connectivity index (χ2n) is 6.68. The van der Waals surface area contributed by atoms with E-state index in [9.17, 15) is 9.59 Å². The topological polar surface area (TPSA) is 67.9 Å². The van der Waals surface area contributed by atoms with Crippen LogP contribution in [0.5, 0.6) is 11.5 Å². The Balaban J connectivity index is 1.97. The predicted octanol–water partition coefficient (Wildman–Crippen LogP) is 3.38. The van der Waals surface area contributed by atoms with Crippen LogP contribution in [-0.4, -0.2) is 32.6 Å². The van der Waals surface area contributed by atoms with Gasteiger partial charge in [-0.1, -0.05) is 18.2 Å². The minimum absolute atomic E-state index is 0.0820. The fraction of sp³-hybridized carbons (Fsp3) is 0.364. The molecule has 0 unspecified atom stereocenters. The number of nitrogens with zero attached hydrogens (tertiary/aromatic N) is 1. The number of benzene rings is 2. The third-order valence-corrected chi connectivity index (χ3v) is 4.54. The van der Waals surface area contributed by atoms with Gasteiger partial charge in [0.05, 0.1) is 14.2 Å². The van der Waals surface area contributed by atoms with E-state index in [0.29, 0.717) is 24.6 Å². The summed E-state index contributed by atoms with van der Waals surface area (Å²) in [6, 6.07) is 11.5. The van der Waals surface area contributed by atoms with Crippen LogP contribution in [0.1, 0.15) is 30.0 Å². The zero-order chi connectivity index (χ0) is 20.7. The summed E-state index contributed by atoms with van der Waals surface area (Å²) in [5.74, 6) is 1.06. The lowest BCUT2D eigenvalue weighted by Gasteiger charge is -2.23. The molecule has 0 atom stereocenters. The van der Waals surface area contributed by atoms with E-state index in [4.69, 9.17) is 9.47 Å². The van der Waals surface area contributed by atoms with E-state index in [2.05, 4.69) is 5.32 Å². The molecule has 2 rings (SSSR count). The monoisotopic (exact) mass is 384 g/mol. The lowest BCUT2D eigenvalue weighted by molar-refractivity contribution is -0.121. The van der Waals surface area contributed by atoms with Crippen molar-refractivity contribution in [3.8, 4) is 11.5 Å². The van der Waals surface area contributed by atoms with E-state index < -0.39 is 0 Å². The van der Waals surface area contributed by atoms with Crippen molar-refractivity contribution in [1.82, 2.24) is 5.32 Å². The smallest absolute Gasteiger partial charge is 0.223 e. The first-order chi connectivity index (χ1) is 13.3. The Kier molecular flexibility index (Phi) is 7.44. The third kappa shape index (κ3) is 5.49. The van der Waals surface area contributed by atoms with Gasteiger partial charge in [-0.25, -0.2) is 0 Å². The molecule has 0 saturated heterocycles. The van der Waals surface area contributed by atoms with Gasteiger partial charge in [-0.2, -0.15) is 0 Å². The molecule has 2 aromatic carbocycles. The van der Waals surface area contributed by atoms with Crippen LogP contribution in [0.3, 0.4) is 0 Å². The highest BCUT2D eigenvalue weighted by molar-refractivity contribution is 5.93. The molecule has 0 spiro atoms. The number of carbonyl (C=O) groups excluding carboxylic acids is 2. The maximum absolute atomic E-state index is 12.3. The second-order valence-corrected chi connectivity index (χ2v) is 6.68. The van der Waals surface area contributed by atoms with Crippen LogP contribution in [0.25, 0.3) is 0 Å². The van der Waals surface area contributed by atoms with Crippen molar-refractivity contribution in [2.24, 2.45) is 0 Å². The summed E-state index contributed by atoms with van der Waals surface area (Å²) in [6.07, 6.45) is 0.222. The molecule has 0 fully saturated rings. The zero-order valence-electron chi connectivity index (χ0n) is 17.2. The number of ether oxygens (including phenoxy) is 2. The molecule has 0 radical (unpaired) electrons. The van der Waals surface area contributed by atoms with Crippen molar-refractivity contribution < 1.29 is 19.1 Å². The van der Waals surface area contributed by atoms with E-state index >= 15 is 0 Å². The molecular weight excluding hydrogens is 356 g/mol. The predicted molar refractivity (Wildman–Crippen MR) is 110 cm³/mol. The number of nitrogens with one attached hydrogen (secondary N) is 1. The molecule has 0 aromatic heterocycles. The molecule has 28 heavy (non-hydrogen) atoms. The molecule has 0 aliphatic heterocycles. The van der Waals surface area contributed by atoms with Crippen molar-refractivity contribution in [3.63, 3.8) is 0 Å². The Morgan fingerprint density at radius 3 is 2.36 bits per heavy atom. The number of aryl methyl sites for hydroxylation is 2. The van der Waals surface area contributed by atoms with Gasteiger partial charge in [0.1, 0.15) is 0 Å². The highest BCUT2D eigenvalue weighted by Gasteiger charge is 2.16. The first kappa shape index (κ1) is 21.3. The Morgan fingerprint density at radius 1 is 1.00 bits per heavy atom. The van der Waals surface area contributed by atoms with E-state index in [1.54, 1.807) is 25.2 Å². The molecule has 2 aromatic rings. The first-order valence-corrected chi connectivity index (χ1v) is 9.18. The van der Waals surface area contributed by atoms with Gasteiger partial charge in [0.25, 0.3) is 0 Å². The lowest BCUT2D eigenvalue weighted by Crippen LogP contribution is -2.34. The summed E-state index contributed by atoms with van der Waals surface area (Å²) in [7, 11) is 3.15. The van der Waals surface area contributed by atoms with Crippen LogP contribution >= 0.6 is 0 Å². The van der Waals surface area contributed by atoms with E-state index in [1.165, 1.54) is 6.92 Å². The maximum Gasteiger partial charge on any atom is 0.223 e. The minimum atomic E-state index is -0.119. The summed E-state index contributed by atoms with van der Waals surface area (Å²) >= 11 is 0. The highest BCUT2D eigenvalue weighted by atomic mass is 16.5. The van der Waals surface area contributed by atoms with Gasteiger partial charge in [0, 0.05) is 32.1 Å². The number of carbonyl (C=O) groups is 2. The molecule has 1 N–H and O–H groups in total. The Labute approximate surface area is 166 Å². The number of rotatable bonds is 8. The Bertz CT molecular complexity index is 848. The molecule has 0 saturated carbocycles. The zero-order valence-corrected chi connectivity index (χ0v) is 17.2. The van der Waals surface area contributed by atoms with E-state index in [1.807, 2.05) is 44.2 Å². The molecular formula is C22H28N2O4. The number of hydrogen-bond acceptors (Lipinski definition) is 4. The largest absolute Gasteiger partial charge is 0.493 e. The van der Waals surface area contributed by atoms with E-state index in [0.717, 1.165) is 22.4 Å². The minimum Gasteiger partial charge on any atom is -0.493 e. The van der Waals surface area contributed by atoms with Gasteiger partial charge < -0.3 is 19.7 Å². The fourth-order valence-electron chi connectivity index (χ4n) is 2.95. The normalized spacial score (nSPS) is 10.3. The van der Waals surface area contributed by atoms with Crippen molar-refractivity contribution in [1.29, 1.82) is 0 Å². The van der Waals surface area contributed by atoms with Gasteiger partial charge in [-0.05, 0) is 48.7 Å². The number of hydrogen-bond donors (Lipinski definition) is 1. The number of anilines is 1. The summed E-state index contributed by atoms with van der Waals surface area (Å²) in [5.41, 5.74) is 3.83. The van der Waals surface area contributed by atoms with Crippen molar-refractivity contribution in [2.45, 2.75) is 33.7 Å². The van der Waals surface area contributed by atoms with Crippen LogP contribution in [-0.2, 0) is 16.1 Å². The Hall–Kier alpha value is -3.02. The number of methoxy groups -OCH3 is 2. The van der Waals surface area contributed by atoms with Crippen LogP contribution in [0, 0.1) is 13.8 Å². The molecule has 0 aliphatic rings.